The van der Waals surface area contributed by atoms with Crippen molar-refractivity contribution in [2.45, 2.75) is 54.0 Å². The summed E-state index contributed by atoms with van der Waals surface area (Å²) >= 11 is 0. The van der Waals surface area contributed by atoms with Crippen LogP contribution in [-0.4, -0.2) is 4.57 Å². The van der Waals surface area contributed by atoms with Crippen LogP contribution in [0.4, 0.5) is 0 Å². The van der Waals surface area contributed by atoms with E-state index in [1.165, 1.54) is 24.2 Å². The Kier molecular flexibility index (Phi) is 4.44. The molecule has 0 radical (unpaired) electrons. The largest absolute Gasteiger partial charge is 0.349 e. The average molecular weight is 207 g/mol. The number of nitrogens with zero attached hydrogens (tertiary/aromatic N) is 1. The van der Waals surface area contributed by atoms with E-state index in [1.807, 2.05) is 0 Å². The van der Waals surface area contributed by atoms with Gasteiger partial charge in [0.1, 0.15) is 0 Å². The van der Waals surface area contributed by atoms with Crippen molar-refractivity contribution in [1.82, 2.24) is 4.57 Å². The fourth-order valence-corrected chi connectivity index (χ4v) is 2.16. The Morgan fingerprint density at radius 1 is 0.933 bits per heavy atom. The molecule has 0 N–H and O–H groups in total. The SMILES string of the molecule is CCn1c(CC(C)C)ccc1CC(C)C. The molecule has 1 nitrogen and oxygen atoms in total. The molecular weight excluding hydrogens is 182 g/mol. The van der Waals surface area contributed by atoms with E-state index < -0.39 is 0 Å². The van der Waals surface area contributed by atoms with Gasteiger partial charge in [0, 0.05) is 17.9 Å². The van der Waals surface area contributed by atoms with Crippen molar-refractivity contribution in [3.05, 3.63) is 23.5 Å². The van der Waals surface area contributed by atoms with Gasteiger partial charge in [-0.25, -0.2) is 0 Å². The summed E-state index contributed by atoms with van der Waals surface area (Å²) < 4.78 is 2.49. The van der Waals surface area contributed by atoms with Gasteiger partial charge in [0.25, 0.3) is 0 Å². The van der Waals surface area contributed by atoms with Crippen molar-refractivity contribution in [2.24, 2.45) is 11.8 Å². The molecule has 0 spiro atoms. The van der Waals surface area contributed by atoms with Gasteiger partial charge >= 0.3 is 0 Å². The molecule has 1 heterocycles. The molecule has 0 atom stereocenters. The van der Waals surface area contributed by atoms with Crippen LogP contribution in [0.5, 0.6) is 0 Å². The molecule has 0 bridgehead atoms. The van der Waals surface area contributed by atoms with E-state index in [1.54, 1.807) is 0 Å². The zero-order valence-corrected chi connectivity index (χ0v) is 10.9. The standard InChI is InChI=1S/C14H25N/c1-6-15-13(9-11(2)3)7-8-14(15)10-12(4)5/h7-8,11-12H,6,9-10H2,1-5H3. The van der Waals surface area contributed by atoms with Crippen LogP contribution in [0.2, 0.25) is 0 Å². The van der Waals surface area contributed by atoms with Crippen LogP contribution in [0.25, 0.3) is 0 Å². The molecule has 0 saturated heterocycles. The fraction of sp³-hybridized carbons (Fsp3) is 0.714. The third-order valence-corrected chi connectivity index (χ3v) is 2.71. The van der Waals surface area contributed by atoms with Crippen molar-refractivity contribution in [2.75, 3.05) is 0 Å². The quantitative estimate of drug-likeness (QED) is 0.690. The molecule has 0 saturated carbocycles. The monoisotopic (exact) mass is 207 g/mol. The van der Waals surface area contributed by atoms with Gasteiger partial charge in [-0.2, -0.15) is 0 Å². The van der Waals surface area contributed by atoms with Crippen molar-refractivity contribution in [1.29, 1.82) is 0 Å². The summed E-state index contributed by atoms with van der Waals surface area (Å²) in [6, 6.07) is 4.61. The molecule has 1 aromatic rings. The molecule has 0 aromatic carbocycles. The van der Waals surface area contributed by atoms with Gasteiger partial charge in [0.2, 0.25) is 0 Å². The van der Waals surface area contributed by atoms with Crippen LogP contribution >= 0.6 is 0 Å². The van der Waals surface area contributed by atoms with E-state index >= 15 is 0 Å². The predicted molar refractivity (Wildman–Crippen MR) is 67.2 cm³/mol. The Morgan fingerprint density at radius 3 is 1.60 bits per heavy atom. The van der Waals surface area contributed by atoms with Gasteiger partial charge in [0.05, 0.1) is 0 Å². The van der Waals surface area contributed by atoms with Crippen molar-refractivity contribution in [3.63, 3.8) is 0 Å². The minimum atomic E-state index is 0.747. The number of hydrogen-bond donors (Lipinski definition) is 0. The highest BCUT2D eigenvalue weighted by atomic mass is 15.0. The summed E-state index contributed by atoms with van der Waals surface area (Å²) in [6.07, 6.45) is 2.40. The lowest BCUT2D eigenvalue weighted by atomic mass is 10.1. The van der Waals surface area contributed by atoms with Gasteiger partial charge in [-0.15, -0.1) is 0 Å². The van der Waals surface area contributed by atoms with Gasteiger partial charge in [-0.3, -0.25) is 0 Å². The highest BCUT2D eigenvalue weighted by molar-refractivity contribution is 5.17. The Labute approximate surface area is 94.5 Å². The zero-order valence-electron chi connectivity index (χ0n) is 10.9. The molecule has 15 heavy (non-hydrogen) atoms. The Balaban J connectivity index is 2.85. The summed E-state index contributed by atoms with van der Waals surface area (Å²) in [5.74, 6) is 1.49. The second-order valence-corrected chi connectivity index (χ2v) is 5.26. The highest BCUT2D eigenvalue weighted by Crippen LogP contribution is 2.16. The number of aromatic nitrogens is 1. The van der Waals surface area contributed by atoms with Crippen LogP contribution in [0.3, 0.4) is 0 Å². The van der Waals surface area contributed by atoms with Gasteiger partial charge in [0.15, 0.2) is 0 Å². The first kappa shape index (κ1) is 12.4. The van der Waals surface area contributed by atoms with Gasteiger partial charge in [-0.05, 0) is 43.7 Å². The molecule has 0 fully saturated rings. The smallest absolute Gasteiger partial charge is 0.0196 e. The molecule has 0 unspecified atom stereocenters. The first-order valence-electron chi connectivity index (χ1n) is 6.21. The lowest BCUT2D eigenvalue weighted by molar-refractivity contribution is 0.560. The predicted octanol–water partition coefficient (Wildman–Crippen LogP) is 3.91. The first-order chi connectivity index (χ1) is 7.04. The van der Waals surface area contributed by atoms with E-state index in [0.717, 1.165) is 18.4 Å². The fourth-order valence-electron chi connectivity index (χ4n) is 2.16. The summed E-state index contributed by atoms with van der Waals surface area (Å²) in [4.78, 5) is 0. The summed E-state index contributed by atoms with van der Waals surface area (Å²) in [5.41, 5.74) is 3.01. The molecule has 1 aromatic heterocycles. The molecule has 0 amide bonds. The maximum absolute atomic E-state index is 2.49. The van der Waals surface area contributed by atoms with Crippen molar-refractivity contribution in [3.8, 4) is 0 Å². The van der Waals surface area contributed by atoms with Gasteiger partial charge < -0.3 is 4.57 Å². The normalized spacial score (nSPS) is 11.7. The third kappa shape index (κ3) is 3.40. The minimum absolute atomic E-state index is 0.747. The third-order valence-electron chi connectivity index (χ3n) is 2.71. The first-order valence-corrected chi connectivity index (χ1v) is 6.21. The highest BCUT2D eigenvalue weighted by Gasteiger charge is 2.09. The Bertz CT molecular complexity index is 267. The van der Waals surface area contributed by atoms with Crippen LogP contribution in [0, 0.1) is 11.8 Å². The van der Waals surface area contributed by atoms with E-state index in [2.05, 4.69) is 51.3 Å². The molecule has 1 heteroatoms. The van der Waals surface area contributed by atoms with Crippen molar-refractivity contribution < 1.29 is 0 Å². The lowest BCUT2D eigenvalue weighted by Crippen LogP contribution is -2.09. The lowest BCUT2D eigenvalue weighted by Gasteiger charge is -2.13. The Hall–Kier alpha value is -0.720. The van der Waals surface area contributed by atoms with E-state index in [-0.39, 0.29) is 0 Å². The molecular formula is C14H25N. The van der Waals surface area contributed by atoms with Crippen molar-refractivity contribution >= 4 is 0 Å². The molecule has 0 aliphatic carbocycles. The average Bonchev–Trinajstić information content (AvgIpc) is 2.45. The molecule has 0 aliphatic rings. The van der Waals surface area contributed by atoms with E-state index in [0.29, 0.717) is 0 Å². The van der Waals surface area contributed by atoms with Crippen LogP contribution in [-0.2, 0) is 19.4 Å². The Morgan fingerprint density at radius 2 is 1.33 bits per heavy atom. The molecule has 86 valence electrons. The molecule has 0 aliphatic heterocycles. The summed E-state index contributed by atoms with van der Waals surface area (Å²) in [7, 11) is 0. The number of rotatable bonds is 5. The number of hydrogen-bond acceptors (Lipinski definition) is 0. The van der Waals surface area contributed by atoms with Crippen LogP contribution < -0.4 is 0 Å². The van der Waals surface area contributed by atoms with E-state index in [9.17, 15) is 0 Å². The van der Waals surface area contributed by atoms with E-state index in [4.69, 9.17) is 0 Å². The zero-order chi connectivity index (χ0) is 11.4. The second kappa shape index (κ2) is 5.39. The summed E-state index contributed by atoms with van der Waals surface area (Å²) in [5, 5.41) is 0. The summed E-state index contributed by atoms with van der Waals surface area (Å²) in [6.45, 7) is 12.5. The minimum Gasteiger partial charge on any atom is -0.349 e. The van der Waals surface area contributed by atoms with Gasteiger partial charge in [-0.1, -0.05) is 27.7 Å². The molecule has 1 rings (SSSR count). The second-order valence-electron chi connectivity index (χ2n) is 5.26. The maximum Gasteiger partial charge on any atom is 0.0196 e. The van der Waals surface area contributed by atoms with Crippen LogP contribution in [0.15, 0.2) is 12.1 Å². The maximum atomic E-state index is 2.49. The van der Waals surface area contributed by atoms with Crippen LogP contribution in [0.1, 0.15) is 46.0 Å². The topological polar surface area (TPSA) is 4.93 Å².